The maximum atomic E-state index is 12.9. The minimum atomic E-state index is -2.99. The van der Waals surface area contributed by atoms with Crippen molar-refractivity contribution in [2.24, 2.45) is 5.10 Å². The minimum absolute atomic E-state index is 0.0880. The Balaban J connectivity index is 2.01. The molecular formula is C19H18F2N4O2S. The summed E-state index contributed by atoms with van der Waals surface area (Å²) in [7, 11) is 0. The molecule has 0 aliphatic heterocycles. The fraction of sp³-hybridized carbons (Fsp3) is 0.211. The van der Waals surface area contributed by atoms with Crippen LogP contribution in [0.15, 0.2) is 47.6 Å². The third kappa shape index (κ3) is 4.42. The Hall–Kier alpha value is -3.07. The third-order valence-electron chi connectivity index (χ3n) is 3.79. The zero-order chi connectivity index (χ0) is 20.1. The highest BCUT2D eigenvalue weighted by Gasteiger charge is 2.15. The first kappa shape index (κ1) is 19.7. The van der Waals surface area contributed by atoms with Gasteiger partial charge in [0.25, 0.3) is 0 Å². The second kappa shape index (κ2) is 8.75. The van der Waals surface area contributed by atoms with Gasteiger partial charge in [0.05, 0.1) is 12.8 Å². The van der Waals surface area contributed by atoms with E-state index in [1.807, 2.05) is 31.2 Å². The molecule has 1 heterocycles. The standard InChI is InChI=1S/C19H18F2N4O2S/c1-3-26-15-6-4-5-14(16(15)27-18(20)21)11-22-25-17(23-24-19(25)28)13-9-7-12(2)8-10-13/h4-11,18H,3H2,1-2H3,(H,24,28)/b22-11-. The summed E-state index contributed by atoms with van der Waals surface area (Å²) in [6.45, 7) is 1.05. The first-order valence-electron chi connectivity index (χ1n) is 8.49. The molecule has 0 unspecified atom stereocenters. The molecule has 1 N–H and O–H groups in total. The van der Waals surface area contributed by atoms with Crippen LogP contribution in [-0.4, -0.2) is 34.3 Å². The zero-order valence-electron chi connectivity index (χ0n) is 15.2. The van der Waals surface area contributed by atoms with Gasteiger partial charge in [0.2, 0.25) is 4.77 Å². The average Bonchev–Trinajstić information content (AvgIpc) is 3.03. The molecule has 0 aliphatic carbocycles. The zero-order valence-corrected chi connectivity index (χ0v) is 16.0. The van der Waals surface area contributed by atoms with E-state index in [1.165, 1.54) is 10.9 Å². The summed E-state index contributed by atoms with van der Waals surface area (Å²) < 4.78 is 37.4. The van der Waals surface area contributed by atoms with Crippen molar-refractivity contribution < 1.29 is 18.3 Å². The predicted molar refractivity (Wildman–Crippen MR) is 105 cm³/mol. The van der Waals surface area contributed by atoms with E-state index in [4.69, 9.17) is 17.0 Å². The smallest absolute Gasteiger partial charge is 0.387 e. The lowest BCUT2D eigenvalue weighted by molar-refractivity contribution is -0.0515. The maximum Gasteiger partial charge on any atom is 0.387 e. The lowest BCUT2D eigenvalue weighted by Gasteiger charge is -2.13. The molecule has 0 bridgehead atoms. The van der Waals surface area contributed by atoms with Crippen molar-refractivity contribution in [2.75, 3.05) is 6.61 Å². The van der Waals surface area contributed by atoms with E-state index in [2.05, 4.69) is 20.0 Å². The molecule has 0 fully saturated rings. The van der Waals surface area contributed by atoms with E-state index in [1.54, 1.807) is 25.1 Å². The Kier molecular flexibility index (Phi) is 6.15. The third-order valence-corrected chi connectivity index (χ3v) is 4.05. The predicted octanol–water partition coefficient (Wildman–Crippen LogP) is 4.80. The highest BCUT2D eigenvalue weighted by atomic mass is 32.1. The fourth-order valence-corrected chi connectivity index (χ4v) is 2.71. The number of aromatic nitrogens is 3. The number of halogens is 2. The molecule has 0 atom stereocenters. The Morgan fingerprint density at radius 3 is 2.68 bits per heavy atom. The topological polar surface area (TPSA) is 64.4 Å². The Morgan fingerprint density at radius 1 is 1.25 bits per heavy atom. The van der Waals surface area contributed by atoms with Crippen LogP contribution in [-0.2, 0) is 0 Å². The van der Waals surface area contributed by atoms with Crippen LogP contribution in [0.4, 0.5) is 8.78 Å². The number of ether oxygens (including phenoxy) is 2. The molecular weight excluding hydrogens is 386 g/mol. The number of alkyl halides is 2. The van der Waals surface area contributed by atoms with Gasteiger partial charge in [-0.1, -0.05) is 35.9 Å². The van der Waals surface area contributed by atoms with Crippen LogP contribution in [0.3, 0.4) is 0 Å². The number of benzene rings is 2. The number of rotatable bonds is 7. The fourth-order valence-electron chi connectivity index (χ4n) is 2.53. The normalized spacial score (nSPS) is 11.3. The SMILES string of the molecule is CCOc1cccc(/C=N\n2c(-c3ccc(C)cc3)n[nH]c2=S)c1OC(F)F. The number of hydrogen-bond donors (Lipinski definition) is 1. The van der Waals surface area contributed by atoms with Gasteiger partial charge in [-0.05, 0) is 38.2 Å². The average molecular weight is 404 g/mol. The summed E-state index contributed by atoms with van der Waals surface area (Å²) in [5, 5.41) is 11.2. The van der Waals surface area contributed by atoms with E-state index in [9.17, 15) is 8.78 Å². The second-order valence-corrected chi connectivity index (χ2v) is 6.15. The van der Waals surface area contributed by atoms with Crippen LogP contribution >= 0.6 is 12.2 Å². The lowest BCUT2D eigenvalue weighted by Crippen LogP contribution is -2.07. The van der Waals surface area contributed by atoms with Gasteiger partial charge in [0.15, 0.2) is 17.3 Å². The van der Waals surface area contributed by atoms with Crippen LogP contribution in [0, 0.1) is 11.7 Å². The van der Waals surface area contributed by atoms with E-state index in [-0.39, 0.29) is 16.3 Å². The maximum absolute atomic E-state index is 12.9. The van der Waals surface area contributed by atoms with Crippen LogP contribution in [0.1, 0.15) is 18.1 Å². The van der Waals surface area contributed by atoms with Crippen molar-refractivity contribution in [1.29, 1.82) is 0 Å². The van der Waals surface area contributed by atoms with Gasteiger partial charge in [0.1, 0.15) is 0 Å². The monoisotopic (exact) mass is 404 g/mol. The Bertz CT molecular complexity index is 1030. The van der Waals surface area contributed by atoms with Crippen LogP contribution in [0.25, 0.3) is 11.4 Å². The van der Waals surface area contributed by atoms with Crippen molar-refractivity contribution in [3.8, 4) is 22.9 Å². The van der Waals surface area contributed by atoms with E-state index >= 15 is 0 Å². The number of aromatic amines is 1. The Morgan fingerprint density at radius 2 is 2.00 bits per heavy atom. The molecule has 0 amide bonds. The second-order valence-electron chi connectivity index (χ2n) is 5.76. The number of nitrogens with zero attached hydrogens (tertiary/aromatic N) is 3. The van der Waals surface area contributed by atoms with Crippen LogP contribution in [0.5, 0.6) is 11.5 Å². The molecule has 9 heteroatoms. The molecule has 28 heavy (non-hydrogen) atoms. The summed E-state index contributed by atoms with van der Waals surface area (Å²) in [6, 6.07) is 12.5. The highest BCUT2D eigenvalue weighted by molar-refractivity contribution is 7.71. The van der Waals surface area contributed by atoms with Crippen molar-refractivity contribution in [2.45, 2.75) is 20.5 Å². The number of para-hydroxylation sites is 1. The largest absolute Gasteiger partial charge is 0.490 e. The molecule has 2 aromatic carbocycles. The van der Waals surface area contributed by atoms with Crippen molar-refractivity contribution in [1.82, 2.24) is 14.9 Å². The summed E-state index contributed by atoms with van der Waals surface area (Å²) in [6.07, 6.45) is 1.38. The summed E-state index contributed by atoms with van der Waals surface area (Å²) in [5.41, 5.74) is 2.24. The van der Waals surface area contributed by atoms with E-state index in [0.717, 1.165) is 11.1 Å². The van der Waals surface area contributed by atoms with Gasteiger partial charge in [-0.2, -0.15) is 23.7 Å². The molecule has 0 aliphatic rings. The van der Waals surface area contributed by atoms with Crippen LogP contribution in [0.2, 0.25) is 0 Å². The van der Waals surface area contributed by atoms with Crippen molar-refractivity contribution in [3.05, 3.63) is 58.4 Å². The van der Waals surface area contributed by atoms with Crippen molar-refractivity contribution in [3.63, 3.8) is 0 Å². The quantitative estimate of drug-likeness (QED) is 0.454. The molecule has 0 radical (unpaired) electrons. The molecule has 146 valence electrons. The number of aryl methyl sites for hydroxylation is 1. The summed E-state index contributed by atoms with van der Waals surface area (Å²) in [4.78, 5) is 0. The van der Waals surface area contributed by atoms with Crippen molar-refractivity contribution >= 4 is 18.4 Å². The molecule has 0 spiro atoms. The molecule has 3 rings (SSSR count). The number of hydrogen-bond acceptors (Lipinski definition) is 5. The lowest BCUT2D eigenvalue weighted by atomic mass is 10.1. The van der Waals surface area contributed by atoms with Gasteiger partial charge in [-0.3, -0.25) is 0 Å². The molecule has 1 aromatic heterocycles. The van der Waals surface area contributed by atoms with Gasteiger partial charge in [-0.25, -0.2) is 5.10 Å². The first-order chi connectivity index (χ1) is 13.5. The molecule has 3 aromatic rings. The van der Waals surface area contributed by atoms with E-state index < -0.39 is 6.61 Å². The van der Waals surface area contributed by atoms with Gasteiger partial charge in [-0.15, -0.1) is 0 Å². The first-order valence-corrected chi connectivity index (χ1v) is 8.90. The highest BCUT2D eigenvalue weighted by Crippen LogP contribution is 2.32. The summed E-state index contributed by atoms with van der Waals surface area (Å²) in [5.74, 6) is 0.620. The van der Waals surface area contributed by atoms with Gasteiger partial charge >= 0.3 is 6.61 Å². The summed E-state index contributed by atoms with van der Waals surface area (Å²) >= 11 is 5.24. The number of H-pyrrole nitrogens is 1. The molecule has 0 saturated carbocycles. The Labute approximate surface area is 165 Å². The number of nitrogens with one attached hydrogen (secondary N) is 1. The molecule has 0 saturated heterocycles. The molecule has 6 nitrogen and oxygen atoms in total. The minimum Gasteiger partial charge on any atom is -0.490 e. The van der Waals surface area contributed by atoms with E-state index in [0.29, 0.717) is 18.0 Å². The van der Waals surface area contributed by atoms with Crippen LogP contribution < -0.4 is 9.47 Å². The van der Waals surface area contributed by atoms with Gasteiger partial charge in [0, 0.05) is 11.1 Å². The van der Waals surface area contributed by atoms with Gasteiger partial charge < -0.3 is 9.47 Å².